The van der Waals surface area contributed by atoms with E-state index >= 15 is 0 Å². The highest BCUT2D eigenvalue weighted by molar-refractivity contribution is 5.43. The molecule has 5 nitrogen and oxygen atoms in total. The monoisotopic (exact) mass is 290 g/mol. The van der Waals surface area contributed by atoms with E-state index in [-0.39, 0.29) is 0 Å². The minimum absolute atomic E-state index is 0.378. The van der Waals surface area contributed by atoms with Crippen molar-refractivity contribution in [3.63, 3.8) is 0 Å². The molecule has 2 aliphatic rings. The molecule has 0 aliphatic carbocycles. The number of nitrogens with zero attached hydrogens (tertiary/aromatic N) is 3. The Bertz CT molecular complexity index is 505. The lowest BCUT2D eigenvalue weighted by Crippen LogP contribution is -2.48. The zero-order valence-corrected chi connectivity index (χ0v) is 13.5. The molecule has 0 unspecified atom stereocenters. The second kappa shape index (κ2) is 5.89. The average Bonchev–Trinajstić information content (AvgIpc) is 2.84. The molecule has 0 radical (unpaired) electrons. The number of morpholine rings is 1. The third-order valence-corrected chi connectivity index (χ3v) is 4.62. The first-order valence-electron chi connectivity index (χ1n) is 7.95. The van der Waals surface area contributed by atoms with Crippen molar-refractivity contribution in [2.24, 2.45) is 5.92 Å². The quantitative estimate of drug-likeness (QED) is 0.923. The van der Waals surface area contributed by atoms with Crippen LogP contribution in [-0.4, -0.2) is 52.8 Å². The number of aromatic nitrogens is 2. The highest BCUT2D eigenvalue weighted by Gasteiger charge is 2.38. The Balaban J connectivity index is 1.63. The summed E-state index contributed by atoms with van der Waals surface area (Å²) in [6, 6.07) is 1.01. The number of hydrogen-bond acceptors (Lipinski definition) is 5. The van der Waals surface area contributed by atoms with Crippen LogP contribution in [0.4, 0.5) is 5.82 Å². The Morgan fingerprint density at radius 3 is 2.90 bits per heavy atom. The summed E-state index contributed by atoms with van der Waals surface area (Å²) in [7, 11) is 0. The van der Waals surface area contributed by atoms with Gasteiger partial charge in [-0.05, 0) is 26.2 Å². The molecule has 0 bridgehead atoms. The number of nitrogens with one attached hydrogen (secondary N) is 1. The van der Waals surface area contributed by atoms with Gasteiger partial charge in [0.05, 0.1) is 12.7 Å². The molecule has 0 spiro atoms. The summed E-state index contributed by atoms with van der Waals surface area (Å²) in [6.45, 7) is 11.5. The second-order valence-electron chi connectivity index (χ2n) is 6.75. The van der Waals surface area contributed by atoms with E-state index in [0.717, 1.165) is 43.3 Å². The second-order valence-corrected chi connectivity index (χ2v) is 6.75. The van der Waals surface area contributed by atoms with Gasteiger partial charge in [-0.25, -0.2) is 9.97 Å². The molecule has 3 rings (SSSR count). The Morgan fingerprint density at radius 2 is 2.14 bits per heavy atom. The first-order chi connectivity index (χ1) is 10.0. The van der Waals surface area contributed by atoms with Crippen molar-refractivity contribution in [1.82, 2.24) is 14.9 Å². The normalized spacial score (nSPS) is 29.7. The standard InChI is InChI=1S/C16H26N4O/c1-10(2)15-8-20-7-13(5-14(20)9-21-15)19-16-11(3)6-17-12(4)18-16/h6,10,13-15H,5,7-9H2,1-4H3,(H,17,18,19)/t13-,14-,15-/m0/s1. The molecule has 0 amide bonds. The molecule has 2 fully saturated rings. The van der Waals surface area contributed by atoms with Crippen molar-refractivity contribution in [3.8, 4) is 0 Å². The van der Waals surface area contributed by atoms with E-state index in [1.54, 1.807) is 0 Å². The molecule has 3 atom stereocenters. The van der Waals surface area contributed by atoms with Crippen LogP contribution in [0.5, 0.6) is 0 Å². The summed E-state index contributed by atoms with van der Waals surface area (Å²) in [5, 5.41) is 3.60. The fraction of sp³-hybridized carbons (Fsp3) is 0.750. The summed E-state index contributed by atoms with van der Waals surface area (Å²) in [5.41, 5.74) is 1.11. The van der Waals surface area contributed by atoms with Crippen molar-refractivity contribution in [2.75, 3.05) is 25.0 Å². The van der Waals surface area contributed by atoms with Gasteiger partial charge < -0.3 is 10.1 Å². The van der Waals surface area contributed by atoms with Crippen LogP contribution in [0.1, 0.15) is 31.7 Å². The van der Waals surface area contributed by atoms with E-state index in [9.17, 15) is 0 Å². The molecule has 116 valence electrons. The minimum Gasteiger partial charge on any atom is -0.375 e. The third-order valence-electron chi connectivity index (χ3n) is 4.62. The van der Waals surface area contributed by atoms with Crippen LogP contribution in [0, 0.1) is 19.8 Å². The van der Waals surface area contributed by atoms with Gasteiger partial charge in [-0.15, -0.1) is 0 Å². The summed E-state index contributed by atoms with van der Waals surface area (Å²) in [4.78, 5) is 11.3. The first kappa shape index (κ1) is 14.7. The number of anilines is 1. The molecule has 1 aromatic heterocycles. The number of aryl methyl sites for hydroxylation is 2. The molecule has 1 N–H and O–H groups in total. The van der Waals surface area contributed by atoms with E-state index in [4.69, 9.17) is 4.74 Å². The fourth-order valence-corrected chi connectivity index (χ4v) is 3.28. The summed E-state index contributed by atoms with van der Waals surface area (Å²) in [6.07, 6.45) is 3.40. The molecule has 0 aromatic carbocycles. The van der Waals surface area contributed by atoms with E-state index in [1.165, 1.54) is 0 Å². The van der Waals surface area contributed by atoms with Gasteiger partial charge in [-0.3, -0.25) is 4.90 Å². The lowest BCUT2D eigenvalue weighted by atomic mass is 10.0. The Morgan fingerprint density at radius 1 is 1.33 bits per heavy atom. The van der Waals surface area contributed by atoms with Gasteiger partial charge in [-0.1, -0.05) is 13.8 Å². The number of ether oxygens (including phenoxy) is 1. The van der Waals surface area contributed by atoms with Crippen LogP contribution >= 0.6 is 0 Å². The van der Waals surface area contributed by atoms with Crippen LogP contribution in [0.25, 0.3) is 0 Å². The van der Waals surface area contributed by atoms with Crippen molar-refractivity contribution in [1.29, 1.82) is 0 Å². The maximum Gasteiger partial charge on any atom is 0.132 e. The zero-order chi connectivity index (χ0) is 15.0. The topological polar surface area (TPSA) is 50.3 Å². The summed E-state index contributed by atoms with van der Waals surface area (Å²) < 4.78 is 6.00. The minimum atomic E-state index is 0.378. The van der Waals surface area contributed by atoms with Gasteiger partial charge in [0.15, 0.2) is 0 Å². The SMILES string of the molecule is Cc1ncc(C)c(N[C@H]2C[C@H]3CO[C@H](C(C)C)CN3C2)n1. The van der Waals surface area contributed by atoms with Crippen molar-refractivity contribution < 1.29 is 4.74 Å². The van der Waals surface area contributed by atoms with Gasteiger partial charge in [-0.2, -0.15) is 0 Å². The molecule has 3 heterocycles. The van der Waals surface area contributed by atoms with E-state index in [1.807, 2.05) is 13.1 Å². The number of fused-ring (bicyclic) bond motifs is 1. The summed E-state index contributed by atoms with van der Waals surface area (Å²) >= 11 is 0. The summed E-state index contributed by atoms with van der Waals surface area (Å²) in [5.74, 6) is 2.39. The molecule has 0 saturated carbocycles. The van der Waals surface area contributed by atoms with Gasteiger partial charge in [0.25, 0.3) is 0 Å². The molecule has 2 saturated heterocycles. The third kappa shape index (κ3) is 3.19. The maximum atomic E-state index is 6.00. The van der Waals surface area contributed by atoms with Crippen LogP contribution in [-0.2, 0) is 4.74 Å². The van der Waals surface area contributed by atoms with E-state index in [0.29, 0.717) is 24.1 Å². The predicted molar refractivity (Wildman–Crippen MR) is 83.5 cm³/mol. The number of hydrogen-bond donors (Lipinski definition) is 1. The van der Waals surface area contributed by atoms with Gasteiger partial charge in [0.2, 0.25) is 0 Å². The lowest BCUT2D eigenvalue weighted by molar-refractivity contribution is -0.0683. The van der Waals surface area contributed by atoms with Gasteiger partial charge >= 0.3 is 0 Å². The maximum absolute atomic E-state index is 6.00. The predicted octanol–water partition coefficient (Wildman–Crippen LogP) is 2.00. The van der Waals surface area contributed by atoms with Crippen LogP contribution in [0.15, 0.2) is 6.20 Å². The smallest absolute Gasteiger partial charge is 0.132 e. The molecular formula is C16H26N4O. The molecule has 21 heavy (non-hydrogen) atoms. The molecule has 5 heteroatoms. The Hall–Kier alpha value is -1.20. The molecule has 1 aromatic rings. The van der Waals surface area contributed by atoms with Crippen LogP contribution in [0.3, 0.4) is 0 Å². The zero-order valence-electron chi connectivity index (χ0n) is 13.5. The highest BCUT2D eigenvalue weighted by Crippen LogP contribution is 2.27. The van der Waals surface area contributed by atoms with Gasteiger partial charge in [0.1, 0.15) is 11.6 Å². The Kier molecular flexibility index (Phi) is 4.13. The van der Waals surface area contributed by atoms with Crippen molar-refractivity contribution >= 4 is 5.82 Å². The first-order valence-corrected chi connectivity index (χ1v) is 7.95. The lowest BCUT2D eigenvalue weighted by Gasteiger charge is -2.36. The van der Waals surface area contributed by atoms with Crippen LogP contribution < -0.4 is 5.32 Å². The van der Waals surface area contributed by atoms with Crippen LogP contribution in [0.2, 0.25) is 0 Å². The van der Waals surface area contributed by atoms with E-state index < -0.39 is 0 Å². The fourth-order valence-electron chi connectivity index (χ4n) is 3.28. The Labute approximate surface area is 127 Å². The molecule has 2 aliphatic heterocycles. The van der Waals surface area contributed by atoms with E-state index in [2.05, 4.69) is 41.0 Å². The highest BCUT2D eigenvalue weighted by atomic mass is 16.5. The average molecular weight is 290 g/mol. The number of rotatable bonds is 3. The van der Waals surface area contributed by atoms with Crippen molar-refractivity contribution in [2.45, 2.75) is 52.3 Å². The van der Waals surface area contributed by atoms with Crippen molar-refractivity contribution in [3.05, 3.63) is 17.6 Å². The molecular weight excluding hydrogens is 264 g/mol. The largest absolute Gasteiger partial charge is 0.375 e. The van der Waals surface area contributed by atoms with Gasteiger partial charge in [0, 0.05) is 36.9 Å².